The van der Waals surface area contributed by atoms with E-state index in [1.807, 2.05) is 17.5 Å². The van der Waals surface area contributed by atoms with E-state index in [0.29, 0.717) is 5.69 Å². The molecule has 0 spiro atoms. The zero-order valence-corrected chi connectivity index (χ0v) is 14.2. The van der Waals surface area contributed by atoms with Gasteiger partial charge in [0.15, 0.2) is 0 Å². The van der Waals surface area contributed by atoms with Gasteiger partial charge in [0.25, 0.3) is 0 Å². The minimum atomic E-state index is -4.64. The van der Waals surface area contributed by atoms with Crippen molar-refractivity contribution in [3.8, 4) is 0 Å². The van der Waals surface area contributed by atoms with E-state index < -0.39 is 28.7 Å². The second kappa shape index (κ2) is 7.81. The van der Waals surface area contributed by atoms with Crippen LogP contribution >= 0.6 is 11.3 Å². The van der Waals surface area contributed by atoms with Gasteiger partial charge in [0, 0.05) is 16.6 Å². The van der Waals surface area contributed by atoms with E-state index in [1.165, 1.54) is 34.3 Å². The molecule has 0 aliphatic heterocycles. The summed E-state index contributed by atoms with van der Waals surface area (Å²) >= 11 is 1.46. The minimum Gasteiger partial charge on any atom is -0.323 e. The van der Waals surface area contributed by atoms with Gasteiger partial charge >= 0.3 is 6.18 Å². The number of benzene rings is 1. The first-order valence-corrected chi connectivity index (χ1v) is 9.21. The lowest BCUT2D eigenvalue weighted by Gasteiger charge is -2.10. The first-order chi connectivity index (χ1) is 11.7. The summed E-state index contributed by atoms with van der Waals surface area (Å²) in [5.74, 6) is -0.417. The van der Waals surface area contributed by atoms with Crippen LogP contribution in [0.25, 0.3) is 6.08 Å². The minimum absolute atomic E-state index is 0.315. The van der Waals surface area contributed by atoms with E-state index >= 15 is 0 Å². The van der Waals surface area contributed by atoms with Gasteiger partial charge < -0.3 is 5.32 Å². The lowest BCUT2D eigenvalue weighted by atomic mass is 10.3. The molecule has 0 saturated carbocycles. The summed E-state index contributed by atoms with van der Waals surface area (Å²) in [6, 6.07) is 8.48. The molecule has 2 aromatic rings. The molecule has 0 aliphatic rings. The van der Waals surface area contributed by atoms with Gasteiger partial charge in [0.05, 0.1) is 4.90 Å². The van der Waals surface area contributed by atoms with E-state index in [4.69, 9.17) is 0 Å². The van der Waals surface area contributed by atoms with Gasteiger partial charge in [-0.1, -0.05) is 6.07 Å². The van der Waals surface area contributed by atoms with Crippen molar-refractivity contribution < 1.29 is 26.4 Å². The Morgan fingerprint density at radius 1 is 1.16 bits per heavy atom. The Kier molecular flexibility index (Phi) is 5.98. The van der Waals surface area contributed by atoms with Gasteiger partial charge in [-0.25, -0.2) is 13.1 Å². The molecule has 1 amide bonds. The summed E-state index contributed by atoms with van der Waals surface area (Å²) < 4.78 is 61.2. The first kappa shape index (κ1) is 19.2. The van der Waals surface area contributed by atoms with Crippen molar-refractivity contribution in [3.63, 3.8) is 0 Å². The van der Waals surface area contributed by atoms with Crippen molar-refractivity contribution in [2.45, 2.75) is 11.1 Å². The van der Waals surface area contributed by atoms with Crippen molar-refractivity contribution in [3.05, 3.63) is 52.7 Å². The van der Waals surface area contributed by atoms with Gasteiger partial charge in [-0.3, -0.25) is 4.79 Å². The molecule has 0 bridgehead atoms. The molecule has 2 rings (SSSR count). The second-order valence-corrected chi connectivity index (χ2v) is 7.55. The normalized spacial score (nSPS) is 12.4. The summed E-state index contributed by atoms with van der Waals surface area (Å²) in [7, 11) is -4.27. The Morgan fingerprint density at radius 2 is 1.84 bits per heavy atom. The van der Waals surface area contributed by atoms with Gasteiger partial charge in [-0.15, -0.1) is 11.3 Å². The zero-order valence-electron chi connectivity index (χ0n) is 12.6. The molecule has 0 aliphatic carbocycles. The molecule has 1 heterocycles. The van der Waals surface area contributed by atoms with E-state index in [2.05, 4.69) is 5.32 Å². The summed E-state index contributed by atoms with van der Waals surface area (Å²) in [5, 5.41) is 4.39. The number of hydrogen-bond donors (Lipinski definition) is 2. The lowest BCUT2D eigenvalue weighted by molar-refractivity contribution is -0.121. The van der Waals surface area contributed by atoms with Crippen LogP contribution in [0.4, 0.5) is 18.9 Å². The summed E-state index contributed by atoms with van der Waals surface area (Å²) in [4.78, 5) is 12.3. The molecule has 134 valence electrons. The number of nitrogens with one attached hydrogen (secondary N) is 2. The molecule has 0 atom stereocenters. The Balaban J connectivity index is 1.98. The smallest absolute Gasteiger partial charge is 0.323 e. The van der Waals surface area contributed by atoms with Gasteiger partial charge in [0.2, 0.25) is 15.9 Å². The van der Waals surface area contributed by atoms with Crippen LogP contribution in [-0.2, 0) is 14.8 Å². The average Bonchev–Trinajstić information content (AvgIpc) is 3.05. The number of carbonyl (C=O) groups is 1. The molecule has 0 radical (unpaired) electrons. The second-order valence-electron chi connectivity index (χ2n) is 4.80. The van der Waals surface area contributed by atoms with Gasteiger partial charge in [0.1, 0.15) is 6.54 Å². The molecule has 0 fully saturated rings. The number of anilines is 1. The molecule has 0 unspecified atom stereocenters. The number of hydrogen-bond acceptors (Lipinski definition) is 4. The van der Waals surface area contributed by atoms with E-state index in [1.54, 1.807) is 6.08 Å². The number of carbonyl (C=O) groups excluding carboxylic acids is 1. The maximum atomic E-state index is 12.1. The number of halogens is 3. The first-order valence-electron chi connectivity index (χ1n) is 6.85. The predicted molar refractivity (Wildman–Crippen MR) is 89.7 cm³/mol. The van der Waals surface area contributed by atoms with Crippen molar-refractivity contribution in [2.75, 3.05) is 11.9 Å². The molecule has 1 aromatic heterocycles. The number of thiophene rings is 1. The third kappa shape index (κ3) is 6.33. The number of alkyl halides is 3. The Hall–Kier alpha value is -2.17. The van der Waals surface area contributed by atoms with E-state index in [-0.39, 0.29) is 4.90 Å². The van der Waals surface area contributed by atoms with Crippen LogP contribution in [0, 0.1) is 0 Å². The summed E-state index contributed by atoms with van der Waals surface area (Å²) in [5.41, 5.74) is 0.315. The van der Waals surface area contributed by atoms with Crippen molar-refractivity contribution >= 4 is 39.0 Å². The largest absolute Gasteiger partial charge is 0.402 e. The van der Waals surface area contributed by atoms with Crippen LogP contribution in [0.1, 0.15) is 4.88 Å². The number of rotatable bonds is 6. The molecule has 25 heavy (non-hydrogen) atoms. The standard InChI is InChI=1S/C15H13F3N2O3S2/c16-15(17,18)10-19-25(22,23)13-6-3-11(4-7-13)20-14(21)8-5-12-2-1-9-24-12/h1-9,19H,10H2,(H,20,21)/b8-5+. The van der Waals surface area contributed by atoms with E-state index in [9.17, 15) is 26.4 Å². The zero-order chi connectivity index (χ0) is 18.5. The Morgan fingerprint density at radius 3 is 2.40 bits per heavy atom. The highest BCUT2D eigenvalue weighted by molar-refractivity contribution is 7.89. The number of amides is 1. The Bertz CT molecular complexity index is 843. The molecule has 5 nitrogen and oxygen atoms in total. The average molecular weight is 390 g/mol. The summed E-state index contributed by atoms with van der Waals surface area (Å²) in [6.45, 7) is -1.65. The van der Waals surface area contributed by atoms with Crippen molar-refractivity contribution in [2.24, 2.45) is 0 Å². The van der Waals surface area contributed by atoms with Gasteiger partial charge in [-0.05, 0) is 41.8 Å². The molecule has 0 saturated heterocycles. The van der Waals surface area contributed by atoms with E-state index in [0.717, 1.165) is 17.0 Å². The molecule has 10 heteroatoms. The van der Waals surface area contributed by atoms with Crippen LogP contribution in [0.3, 0.4) is 0 Å². The van der Waals surface area contributed by atoms with Crippen LogP contribution in [0.15, 0.2) is 52.7 Å². The molecule has 2 N–H and O–H groups in total. The highest BCUT2D eigenvalue weighted by Gasteiger charge is 2.29. The quantitative estimate of drug-likeness (QED) is 0.744. The number of sulfonamides is 1. The van der Waals surface area contributed by atoms with Crippen molar-refractivity contribution in [1.29, 1.82) is 0 Å². The maximum Gasteiger partial charge on any atom is 0.402 e. The molecular formula is C15H13F3N2O3S2. The van der Waals surface area contributed by atoms with Gasteiger partial charge in [-0.2, -0.15) is 13.2 Å². The monoisotopic (exact) mass is 390 g/mol. The van der Waals surface area contributed by atoms with Crippen molar-refractivity contribution in [1.82, 2.24) is 4.72 Å². The third-order valence-electron chi connectivity index (χ3n) is 2.84. The summed E-state index contributed by atoms with van der Waals surface area (Å²) in [6.07, 6.45) is -1.70. The van der Waals surface area contributed by atoms with Crippen LogP contribution in [0.2, 0.25) is 0 Å². The molecule has 1 aromatic carbocycles. The van der Waals surface area contributed by atoms with Crippen LogP contribution in [-0.4, -0.2) is 27.0 Å². The fourth-order valence-electron chi connectivity index (χ4n) is 1.71. The highest BCUT2D eigenvalue weighted by atomic mass is 32.2. The topological polar surface area (TPSA) is 75.3 Å². The predicted octanol–water partition coefficient (Wildman–Crippen LogP) is 3.24. The van der Waals surface area contributed by atoms with Crippen LogP contribution in [0.5, 0.6) is 0 Å². The Labute approximate surface area is 146 Å². The fraction of sp³-hybridized carbons (Fsp3) is 0.133. The van der Waals surface area contributed by atoms with Crippen LogP contribution < -0.4 is 10.0 Å². The highest BCUT2D eigenvalue weighted by Crippen LogP contribution is 2.17. The third-order valence-corrected chi connectivity index (χ3v) is 5.09. The SMILES string of the molecule is O=C(/C=C/c1cccs1)Nc1ccc(S(=O)(=O)NCC(F)(F)F)cc1. The lowest BCUT2D eigenvalue weighted by Crippen LogP contribution is -2.33. The molecular weight excluding hydrogens is 377 g/mol. The fourth-order valence-corrected chi connectivity index (χ4v) is 3.34. The maximum absolute atomic E-state index is 12.1.